The number of nitrogens with one attached hydrogen (secondary N) is 2. The molecule has 0 saturated carbocycles. The second-order valence-corrected chi connectivity index (χ2v) is 6.51. The van der Waals surface area contributed by atoms with Crippen molar-refractivity contribution in [3.8, 4) is 11.5 Å². The lowest BCUT2D eigenvalue weighted by Gasteiger charge is -2.27. The lowest BCUT2D eigenvalue weighted by atomic mass is 9.99. The maximum atomic E-state index is 12.2. The van der Waals surface area contributed by atoms with Crippen molar-refractivity contribution >= 4 is 5.91 Å². The fraction of sp³-hybridized carbons (Fsp3) is 0.588. The van der Waals surface area contributed by atoms with Crippen LogP contribution in [0.25, 0.3) is 0 Å². The quantitative estimate of drug-likeness (QED) is 0.869. The Balaban J connectivity index is 1.52. The van der Waals surface area contributed by atoms with E-state index in [0.29, 0.717) is 6.54 Å². The maximum Gasteiger partial charge on any atom is 0.275 e. The van der Waals surface area contributed by atoms with Crippen molar-refractivity contribution in [3.05, 3.63) is 23.8 Å². The van der Waals surface area contributed by atoms with Gasteiger partial charge in [-0.25, -0.2) is 0 Å². The molecule has 22 heavy (non-hydrogen) atoms. The highest BCUT2D eigenvalue weighted by Gasteiger charge is 2.22. The molecule has 2 heterocycles. The summed E-state index contributed by atoms with van der Waals surface area (Å²) >= 11 is 0. The van der Waals surface area contributed by atoms with E-state index >= 15 is 0 Å². The summed E-state index contributed by atoms with van der Waals surface area (Å²) in [6.45, 7) is 7.35. The van der Waals surface area contributed by atoms with E-state index in [2.05, 4.69) is 12.2 Å². The molecule has 0 aliphatic carbocycles. The predicted molar refractivity (Wildman–Crippen MR) is 83.1 cm³/mol. The molecule has 2 aliphatic heterocycles. The third kappa shape index (κ3) is 3.53. The summed E-state index contributed by atoms with van der Waals surface area (Å²) in [5, 5.41) is 3.09. The monoisotopic (exact) mass is 305 g/mol. The smallest absolute Gasteiger partial charge is 0.275 e. The standard InChI is InChI=1S/C17H24N2O3/c1-12-5-7-19(8-6-12)10-17(20)18-13(2)14-3-4-15-16(9-14)22-11-21-15/h3-4,9,12-13H,5-8,10-11H2,1-2H3,(H,18,20)/p+1/t13-/m0/s1. The van der Waals surface area contributed by atoms with Crippen LogP contribution >= 0.6 is 0 Å². The van der Waals surface area contributed by atoms with Crippen LogP contribution in [-0.4, -0.2) is 32.3 Å². The highest BCUT2D eigenvalue weighted by molar-refractivity contribution is 5.77. The van der Waals surface area contributed by atoms with Gasteiger partial charge in [-0.2, -0.15) is 0 Å². The summed E-state index contributed by atoms with van der Waals surface area (Å²) in [5.41, 5.74) is 1.04. The number of likely N-dealkylation sites (tertiary alicyclic amines) is 1. The number of rotatable bonds is 4. The first-order chi connectivity index (χ1) is 10.6. The van der Waals surface area contributed by atoms with Crippen LogP contribution in [0.3, 0.4) is 0 Å². The molecule has 0 aromatic heterocycles. The van der Waals surface area contributed by atoms with Gasteiger partial charge in [0.15, 0.2) is 18.0 Å². The van der Waals surface area contributed by atoms with Gasteiger partial charge in [0.25, 0.3) is 5.91 Å². The summed E-state index contributed by atoms with van der Waals surface area (Å²) in [6.07, 6.45) is 2.45. The Morgan fingerprint density at radius 2 is 2.05 bits per heavy atom. The Kier molecular flexibility index (Phi) is 4.52. The number of carbonyl (C=O) groups is 1. The minimum absolute atomic E-state index is 0.0230. The molecule has 1 atom stereocenters. The molecule has 5 nitrogen and oxygen atoms in total. The van der Waals surface area contributed by atoms with Crippen LogP contribution in [0.4, 0.5) is 0 Å². The van der Waals surface area contributed by atoms with Crippen molar-refractivity contribution in [1.82, 2.24) is 5.32 Å². The Hall–Kier alpha value is -1.75. The molecule has 1 amide bonds. The van der Waals surface area contributed by atoms with Gasteiger partial charge in [0.1, 0.15) is 0 Å². The van der Waals surface area contributed by atoms with E-state index in [-0.39, 0.29) is 18.7 Å². The van der Waals surface area contributed by atoms with Crippen LogP contribution < -0.4 is 19.7 Å². The van der Waals surface area contributed by atoms with Crippen molar-refractivity contribution < 1.29 is 19.2 Å². The highest BCUT2D eigenvalue weighted by atomic mass is 16.7. The largest absolute Gasteiger partial charge is 0.454 e. The number of benzene rings is 1. The van der Waals surface area contributed by atoms with E-state index in [4.69, 9.17) is 9.47 Å². The normalized spacial score (nSPS) is 24.8. The van der Waals surface area contributed by atoms with Gasteiger partial charge < -0.3 is 19.7 Å². The Morgan fingerprint density at radius 1 is 1.32 bits per heavy atom. The van der Waals surface area contributed by atoms with Gasteiger partial charge in [0.05, 0.1) is 19.1 Å². The zero-order valence-corrected chi connectivity index (χ0v) is 13.4. The second kappa shape index (κ2) is 6.57. The van der Waals surface area contributed by atoms with Crippen molar-refractivity contribution in [2.24, 2.45) is 5.92 Å². The number of quaternary nitrogens is 1. The van der Waals surface area contributed by atoms with E-state index in [9.17, 15) is 4.79 Å². The van der Waals surface area contributed by atoms with Crippen molar-refractivity contribution in [2.75, 3.05) is 26.4 Å². The van der Waals surface area contributed by atoms with Crippen LogP contribution in [0.15, 0.2) is 18.2 Å². The molecule has 0 unspecified atom stereocenters. The lowest BCUT2D eigenvalue weighted by molar-refractivity contribution is -0.898. The van der Waals surface area contributed by atoms with E-state index in [1.54, 1.807) is 0 Å². The summed E-state index contributed by atoms with van der Waals surface area (Å²) < 4.78 is 10.7. The van der Waals surface area contributed by atoms with Gasteiger partial charge in [-0.05, 0) is 43.4 Å². The molecule has 3 rings (SSSR count). The maximum absolute atomic E-state index is 12.2. The third-order valence-corrected chi connectivity index (χ3v) is 4.67. The van der Waals surface area contributed by atoms with Gasteiger partial charge in [0.2, 0.25) is 6.79 Å². The Morgan fingerprint density at radius 3 is 2.82 bits per heavy atom. The SMILES string of the molecule is CC1CC[NH+](CC(=O)N[C@@H](C)c2ccc3c(c2)OCO3)CC1. The molecular weight excluding hydrogens is 280 g/mol. The molecule has 1 saturated heterocycles. The first-order valence-electron chi connectivity index (χ1n) is 8.14. The van der Waals surface area contributed by atoms with E-state index in [0.717, 1.165) is 36.1 Å². The number of amides is 1. The molecule has 120 valence electrons. The first kappa shape index (κ1) is 15.2. The lowest BCUT2D eigenvalue weighted by Crippen LogP contribution is -3.14. The topological polar surface area (TPSA) is 52.0 Å². The molecule has 0 spiro atoms. The van der Waals surface area contributed by atoms with Crippen molar-refractivity contribution in [1.29, 1.82) is 0 Å². The molecule has 2 N–H and O–H groups in total. The molecular formula is C17H25N2O3+. The molecule has 5 heteroatoms. The van der Waals surface area contributed by atoms with Gasteiger partial charge >= 0.3 is 0 Å². The molecule has 1 fully saturated rings. The zero-order valence-electron chi connectivity index (χ0n) is 13.4. The van der Waals surface area contributed by atoms with Gasteiger partial charge in [-0.1, -0.05) is 13.0 Å². The second-order valence-electron chi connectivity index (χ2n) is 6.51. The van der Waals surface area contributed by atoms with E-state index in [1.165, 1.54) is 17.7 Å². The fourth-order valence-electron chi connectivity index (χ4n) is 3.13. The molecule has 1 aromatic carbocycles. The van der Waals surface area contributed by atoms with Crippen molar-refractivity contribution in [2.45, 2.75) is 32.7 Å². The molecule has 0 radical (unpaired) electrons. The Labute approximate surface area is 131 Å². The molecule has 0 bridgehead atoms. The average Bonchev–Trinajstić information content (AvgIpc) is 2.97. The predicted octanol–water partition coefficient (Wildman–Crippen LogP) is 0.907. The first-order valence-corrected chi connectivity index (χ1v) is 8.14. The van der Waals surface area contributed by atoms with Crippen LogP contribution in [0.5, 0.6) is 11.5 Å². The minimum atomic E-state index is -0.0230. The van der Waals surface area contributed by atoms with Crippen molar-refractivity contribution in [3.63, 3.8) is 0 Å². The average molecular weight is 305 g/mol. The van der Waals surface area contributed by atoms with Crippen LogP contribution in [-0.2, 0) is 4.79 Å². The minimum Gasteiger partial charge on any atom is -0.454 e. The molecule has 2 aliphatic rings. The fourth-order valence-corrected chi connectivity index (χ4v) is 3.13. The number of hydrogen-bond acceptors (Lipinski definition) is 3. The van der Waals surface area contributed by atoms with Gasteiger partial charge in [-0.15, -0.1) is 0 Å². The number of carbonyl (C=O) groups excluding carboxylic acids is 1. The third-order valence-electron chi connectivity index (χ3n) is 4.67. The highest BCUT2D eigenvalue weighted by Crippen LogP contribution is 2.34. The summed E-state index contributed by atoms with van der Waals surface area (Å²) in [7, 11) is 0. The number of fused-ring (bicyclic) bond motifs is 1. The van der Waals surface area contributed by atoms with Crippen LogP contribution in [0, 0.1) is 5.92 Å². The zero-order chi connectivity index (χ0) is 15.5. The molecule has 1 aromatic rings. The van der Waals surface area contributed by atoms with Gasteiger partial charge in [0, 0.05) is 0 Å². The number of hydrogen-bond donors (Lipinski definition) is 2. The number of ether oxygens (including phenoxy) is 2. The Bertz CT molecular complexity index is 539. The van der Waals surface area contributed by atoms with Gasteiger partial charge in [-0.3, -0.25) is 4.79 Å². The number of piperidine rings is 1. The van der Waals surface area contributed by atoms with Crippen LogP contribution in [0.1, 0.15) is 38.3 Å². The van der Waals surface area contributed by atoms with Crippen LogP contribution in [0.2, 0.25) is 0 Å². The van der Waals surface area contributed by atoms with E-state index in [1.807, 2.05) is 25.1 Å². The summed E-state index contributed by atoms with van der Waals surface area (Å²) in [5.74, 6) is 2.46. The summed E-state index contributed by atoms with van der Waals surface area (Å²) in [4.78, 5) is 13.6. The summed E-state index contributed by atoms with van der Waals surface area (Å²) in [6, 6.07) is 5.80. The van der Waals surface area contributed by atoms with E-state index < -0.39 is 0 Å².